The number of thiophene rings is 1. The van der Waals surface area contributed by atoms with E-state index in [1.54, 1.807) is 11.3 Å². The Kier molecular flexibility index (Phi) is 7.05. The second-order valence-corrected chi connectivity index (χ2v) is 9.82. The molecule has 6 nitrogen and oxygen atoms in total. The van der Waals surface area contributed by atoms with Crippen LogP contribution in [0.4, 0.5) is 5.82 Å². The molecule has 0 bridgehead atoms. The number of piperazine rings is 1. The predicted molar refractivity (Wildman–Crippen MR) is 127 cm³/mol. The van der Waals surface area contributed by atoms with Gasteiger partial charge in [0.1, 0.15) is 12.1 Å². The SMILES string of the molecule is CCCC1C(=O)N(Cc2ccc3c(N)ncnc3c2)CCN1CCCc1ccc(Cl)s1. The number of amides is 1. The molecule has 3 aromatic rings. The van der Waals surface area contributed by atoms with E-state index in [0.29, 0.717) is 12.4 Å². The van der Waals surface area contributed by atoms with Crippen LogP contribution >= 0.6 is 22.9 Å². The van der Waals surface area contributed by atoms with Crippen LogP contribution < -0.4 is 5.73 Å². The van der Waals surface area contributed by atoms with Crippen LogP contribution in [0.15, 0.2) is 36.7 Å². The molecular weight excluding hydrogens is 430 g/mol. The van der Waals surface area contributed by atoms with Crippen molar-refractivity contribution in [2.75, 3.05) is 25.4 Å². The second kappa shape index (κ2) is 9.94. The summed E-state index contributed by atoms with van der Waals surface area (Å²) in [6.07, 6.45) is 5.41. The molecule has 1 aliphatic heterocycles. The van der Waals surface area contributed by atoms with Crippen molar-refractivity contribution in [3.63, 3.8) is 0 Å². The maximum atomic E-state index is 13.3. The number of nitrogens with two attached hydrogens (primary N) is 1. The number of aryl methyl sites for hydroxylation is 1. The Morgan fingerprint density at radius 2 is 2.10 bits per heavy atom. The number of hydrogen-bond donors (Lipinski definition) is 1. The third-order valence-corrected chi connectivity index (χ3v) is 7.15. The number of carbonyl (C=O) groups excluding carboxylic acids is 1. The van der Waals surface area contributed by atoms with E-state index in [-0.39, 0.29) is 11.9 Å². The average Bonchev–Trinajstić information content (AvgIpc) is 3.17. The molecule has 8 heteroatoms. The molecule has 0 saturated carbocycles. The highest BCUT2D eigenvalue weighted by molar-refractivity contribution is 7.16. The predicted octanol–water partition coefficient (Wildman–Crippen LogP) is 4.37. The molecule has 2 N–H and O–H groups in total. The third kappa shape index (κ3) is 5.17. The molecule has 1 amide bonds. The largest absolute Gasteiger partial charge is 0.383 e. The second-order valence-electron chi connectivity index (χ2n) is 8.02. The molecule has 1 atom stereocenters. The average molecular weight is 458 g/mol. The summed E-state index contributed by atoms with van der Waals surface area (Å²) in [5.74, 6) is 0.712. The molecule has 3 heterocycles. The van der Waals surface area contributed by atoms with Crippen LogP contribution in [0, 0.1) is 0 Å². The molecule has 1 aliphatic rings. The van der Waals surface area contributed by atoms with E-state index in [4.69, 9.17) is 17.3 Å². The minimum Gasteiger partial charge on any atom is -0.383 e. The Labute approximate surface area is 192 Å². The Hall–Kier alpha value is -2.22. The summed E-state index contributed by atoms with van der Waals surface area (Å²) in [6.45, 7) is 5.33. The number of benzene rings is 1. The number of aromatic nitrogens is 2. The molecule has 1 saturated heterocycles. The van der Waals surface area contributed by atoms with Crippen molar-refractivity contribution >= 4 is 45.6 Å². The monoisotopic (exact) mass is 457 g/mol. The number of hydrogen-bond acceptors (Lipinski definition) is 6. The number of carbonyl (C=O) groups is 1. The highest BCUT2D eigenvalue weighted by Crippen LogP contribution is 2.24. The summed E-state index contributed by atoms with van der Waals surface area (Å²) >= 11 is 7.68. The van der Waals surface area contributed by atoms with Crippen molar-refractivity contribution in [3.8, 4) is 0 Å². The highest BCUT2D eigenvalue weighted by Gasteiger charge is 2.33. The standard InChI is InChI=1S/C23H28ClN5OS/c1-2-4-20-23(30)29(12-11-28(20)10-3-5-17-7-9-21(24)31-17)14-16-6-8-18-19(13-16)26-15-27-22(18)25/h6-9,13,15,20H,2-5,10-12,14H2,1H3,(H2,25,26,27). The van der Waals surface area contributed by atoms with E-state index < -0.39 is 0 Å². The Balaban J connectivity index is 1.40. The normalized spacial score (nSPS) is 17.5. The van der Waals surface area contributed by atoms with Crippen molar-refractivity contribution in [2.24, 2.45) is 0 Å². The van der Waals surface area contributed by atoms with Crippen molar-refractivity contribution in [3.05, 3.63) is 51.4 Å². The first-order chi connectivity index (χ1) is 15.0. The molecule has 164 valence electrons. The summed E-state index contributed by atoms with van der Waals surface area (Å²) in [7, 11) is 0. The lowest BCUT2D eigenvalue weighted by Crippen LogP contribution is -2.56. The van der Waals surface area contributed by atoms with E-state index in [9.17, 15) is 4.79 Å². The van der Waals surface area contributed by atoms with Gasteiger partial charge >= 0.3 is 0 Å². The first kappa shape index (κ1) is 22.0. The summed E-state index contributed by atoms with van der Waals surface area (Å²) in [5, 5.41) is 0.846. The van der Waals surface area contributed by atoms with Crippen LogP contribution in [0.5, 0.6) is 0 Å². The van der Waals surface area contributed by atoms with Gasteiger partial charge in [-0.1, -0.05) is 31.0 Å². The van der Waals surface area contributed by atoms with Crippen molar-refractivity contribution in [2.45, 2.75) is 45.2 Å². The fourth-order valence-corrected chi connectivity index (χ4v) is 5.40. The van der Waals surface area contributed by atoms with Crippen LogP contribution in [0.25, 0.3) is 10.9 Å². The molecule has 0 spiro atoms. The fourth-order valence-electron chi connectivity index (χ4n) is 4.27. The maximum absolute atomic E-state index is 13.3. The molecule has 1 aromatic carbocycles. The van der Waals surface area contributed by atoms with E-state index in [2.05, 4.69) is 27.9 Å². The zero-order valence-corrected chi connectivity index (χ0v) is 19.3. The van der Waals surface area contributed by atoms with Gasteiger partial charge in [0, 0.05) is 29.9 Å². The van der Waals surface area contributed by atoms with Gasteiger partial charge in [0.25, 0.3) is 0 Å². The number of nitrogens with zero attached hydrogens (tertiary/aromatic N) is 4. The first-order valence-corrected chi connectivity index (χ1v) is 12.0. The van der Waals surface area contributed by atoms with Crippen LogP contribution in [-0.4, -0.2) is 51.4 Å². The lowest BCUT2D eigenvalue weighted by atomic mass is 10.0. The zero-order valence-electron chi connectivity index (χ0n) is 17.8. The minimum atomic E-state index is -0.0379. The first-order valence-electron chi connectivity index (χ1n) is 10.8. The van der Waals surface area contributed by atoms with Crippen LogP contribution in [-0.2, 0) is 17.8 Å². The molecule has 1 fully saturated rings. The van der Waals surface area contributed by atoms with Gasteiger partial charge in [-0.05, 0) is 55.6 Å². The number of anilines is 1. The fraction of sp³-hybridized carbons (Fsp3) is 0.435. The Bertz CT molecular complexity index is 1060. The summed E-state index contributed by atoms with van der Waals surface area (Å²) in [4.78, 5) is 27.3. The quantitative estimate of drug-likeness (QED) is 0.543. The number of halogens is 1. The van der Waals surface area contributed by atoms with E-state index in [1.807, 2.05) is 29.2 Å². The van der Waals surface area contributed by atoms with E-state index in [0.717, 1.165) is 66.1 Å². The molecule has 2 aromatic heterocycles. The van der Waals surface area contributed by atoms with Gasteiger partial charge in [-0.3, -0.25) is 9.69 Å². The van der Waals surface area contributed by atoms with Gasteiger partial charge < -0.3 is 10.6 Å². The highest BCUT2D eigenvalue weighted by atomic mass is 35.5. The lowest BCUT2D eigenvalue weighted by molar-refractivity contribution is -0.142. The molecular formula is C23H28ClN5OS. The zero-order chi connectivity index (χ0) is 21.8. The number of fused-ring (bicyclic) bond motifs is 1. The number of rotatable bonds is 8. The van der Waals surface area contributed by atoms with Crippen LogP contribution in [0.3, 0.4) is 0 Å². The van der Waals surface area contributed by atoms with Gasteiger partial charge in [0.05, 0.1) is 15.9 Å². The third-order valence-electron chi connectivity index (χ3n) is 5.86. The summed E-state index contributed by atoms with van der Waals surface area (Å²) < 4.78 is 0.838. The van der Waals surface area contributed by atoms with E-state index in [1.165, 1.54) is 11.2 Å². The number of nitrogen functional groups attached to an aromatic ring is 1. The smallest absolute Gasteiger partial charge is 0.240 e. The van der Waals surface area contributed by atoms with Crippen LogP contribution in [0.2, 0.25) is 4.34 Å². The van der Waals surface area contributed by atoms with Gasteiger partial charge in [-0.2, -0.15) is 0 Å². The Morgan fingerprint density at radius 3 is 2.87 bits per heavy atom. The minimum absolute atomic E-state index is 0.0379. The molecule has 4 rings (SSSR count). The summed E-state index contributed by atoms with van der Waals surface area (Å²) in [6, 6.07) is 9.99. The van der Waals surface area contributed by atoms with E-state index >= 15 is 0 Å². The van der Waals surface area contributed by atoms with Crippen molar-refractivity contribution in [1.29, 1.82) is 0 Å². The molecule has 0 radical (unpaired) electrons. The molecule has 1 unspecified atom stereocenters. The molecule has 0 aliphatic carbocycles. The summed E-state index contributed by atoms with van der Waals surface area (Å²) in [5.41, 5.74) is 7.81. The van der Waals surface area contributed by atoms with Crippen molar-refractivity contribution in [1.82, 2.24) is 19.8 Å². The lowest BCUT2D eigenvalue weighted by Gasteiger charge is -2.41. The van der Waals surface area contributed by atoms with Crippen LogP contribution in [0.1, 0.15) is 36.6 Å². The topological polar surface area (TPSA) is 75.3 Å². The van der Waals surface area contributed by atoms with Crippen molar-refractivity contribution < 1.29 is 4.79 Å². The Morgan fingerprint density at radius 1 is 1.23 bits per heavy atom. The maximum Gasteiger partial charge on any atom is 0.240 e. The van der Waals surface area contributed by atoms with Gasteiger partial charge in [0.2, 0.25) is 5.91 Å². The van der Waals surface area contributed by atoms with Gasteiger partial charge in [0.15, 0.2) is 0 Å². The van der Waals surface area contributed by atoms with Gasteiger partial charge in [-0.25, -0.2) is 9.97 Å². The van der Waals surface area contributed by atoms with Gasteiger partial charge in [-0.15, -0.1) is 11.3 Å². The molecule has 31 heavy (non-hydrogen) atoms.